The summed E-state index contributed by atoms with van der Waals surface area (Å²) in [5.41, 5.74) is 9.12. The minimum Gasteiger partial charge on any atom is -0.493 e. The Balaban J connectivity index is 1.71. The van der Waals surface area contributed by atoms with Crippen LogP contribution >= 0.6 is 12.2 Å². The molecule has 9 nitrogen and oxygen atoms in total. The number of nitrogen functional groups attached to an aromatic ring is 1. The number of methoxy groups -OCH3 is 2. The third-order valence-corrected chi connectivity index (χ3v) is 5.76. The van der Waals surface area contributed by atoms with Crippen molar-refractivity contribution in [3.8, 4) is 22.8 Å². The van der Waals surface area contributed by atoms with Crippen LogP contribution in [0.15, 0.2) is 30.3 Å². The van der Waals surface area contributed by atoms with E-state index in [0.717, 1.165) is 48.4 Å². The van der Waals surface area contributed by atoms with E-state index in [1.807, 2.05) is 37.4 Å². The fourth-order valence-corrected chi connectivity index (χ4v) is 3.86. The van der Waals surface area contributed by atoms with Gasteiger partial charge in [-0.1, -0.05) is 0 Å². The fourth-order valence-electron chi connectivity index (χ4n) is 3.67. The van der Waals surface area contributed by atoms with Gasteiger partial charge in [0.1, 0.15) is 5.52 Å². The number of nitrogens with one attached hydrogen (secondary N) is 1. The molecule has 0 amide bonds. The van der Waals surface area contributed by atoms with Crippen molar-refractivity contribution < 1.29 is 9.47 Å². The first-order valence-corrected chi connectivity index (χ1v) is 10.3. The molecule has 162 valence electrons. The van der Waals surface area contributed by atoms with Crippen LogP contribution in [0.4, 0.5) is 11.8 Å². The predicted molar refractivity (Wildman–Crippen MR) is 126 cm³/mol. The van der Waals surface area contributed by atoms with E-state index < -0.39 is 0 Å². The predicted octanol–water partition coefficient (Wildman–Crippen LogP) is 1.92. The van der Waals surface area contributed by atoms with Gasteiger partial charge in [-0.15, -0.1) is 0 Å². The van der Waals surface area contributed by atoms with Gasteiger partial charge in [-0.25, -0.2) is 9.97 Å². The second kappa shape index (κ2) is 8.76. The Morgan fingerprint density at radius 3 is 2.42 bits per heavy atom. The number of benzene rings is 1. The monoisotopic (exact) mass is 439 g/mol. The van der Waals surface area contributed by atoms with Crippen LogP contribution in [0.3, 0.4) is 0 Å². The molecule has 1 aliphatic heterocycles. The molecule has 0 saturated carbocycles. The van der Waals surface area contributed by atoms with Crippen molar-refractivity contribution in [1.82, 2.24) is 25.2 Å². The molecule has 1 fully saturated rings. The Labute approximate surface area is 186 Å². The van der Waals surface area contributed by atoms with Gasteiger partial charge in [-0.3, -0.25) is 0 Å². The average Bonchev–Trinajstić information content (AvgIpc) is 2.82. The summed E-state index contributed by atoms with van der Waals surface area (Å²) in [4.78, 5) is 18.1. The number of nitrogens with zero attached hydrogens (tertiary/aromatic N) is 5. The zero-order chi connectivity index (χ0) is 22.0. The maximum atomic E-state index is 6.00. The van der Waals surface area contributed by atoms with Crippen LogP contribution in [0, 0.1) is 0 Å². The van der Waals surface area contributed by atoms with Gasteiger partial charge in [0.2, 0.25) is 5.95 Å². The van der Waals surface area contributed by atoms with Gasteiger partial charge in [0.05, 0.1) is 25.4 Å². The smallest absolute Gasteiger partial charge is 0.222 e. The third-order valence-electron chi connectivity index (χ3n) is 5.30. The highest BCUT2D eigenvalue weighted by Gasteiger charge is 2.22. The Hall–Kier alpha value is -3.40. The first-order valence-electron chi connectivity index (χ1n) is 9.92. The molecule has 1 saturated heterocycles. The number of rotatable bonds is 4. The van der Waals surface area contributed by atoms with Gasteiger partial charge in [0, 0.05) is 38.8 Å². The van der Waals surface area contributed by atoms with E-state index in [4.69, 9.17) is 32.4 Å². The molecule has 2 aromatic heterocycles. The van der Waals surface area contributed by atoms with Gasteiger partial charge in [0.15, 0.2) is 22.4 Å². The van der Waals surface area contributed by atoms with Crippen LogP contribution in [-0.4, -0.2) is 72.4 Å². The molecule has 1 aromatic carbocycles. The summed E-state index contributed by atoms with van der Waals surface area (Å²) in [7, 11) is 5.07. The summed E-state index contributed by atoms with van der Waals surface area (Å²) in [6.07, 6.45) is 0. The number of anilines is 2. The molecular formula is C21H25N7O2S. The fraction of sp³-hybridized carbons (Fsp3) is 0.333. The van der Waals surface area contributed by atoms with Gasteiger partial charge in [-0.05, 0) is 42.5 Å². The van der Waals surface area contributed by atoms with Crippen molar-refractivity contribution in [3.05, 3.63) is 30.3 Å². The number of hydrogen-bond donors (Lipinski definition) is 2. The Morgan fingerprint density at radius 2 is 1.74 bits per heavy atom. The highest BCUT2D eigenvalue weighted by Crippen LogP contribution is 2.33. The number of aromatic nitrogens is 3. The molecule has 0 unspecified atom stereocenters. The minimum atomic E-state index is 0.233. The van der Waals surface area contributed by atoms with Crippen molar-refractivity contribution in [2.75, 3.05) is 58.1 Å². The van der Waals surface area contributed by atoms with E-state index in [-0.39, 0.29) is 5.95 Å². The molecule has 3 N–H and O–H groups in total. The number of thiocarbonyl (C=S) groups is 1. The lowest BCUT2D eigenvalue weighted by molar-refractivity contribution is 0.355. The molecule has 3 heterocycles. The van der Waals surface area contributed by atoms with Crippen LogP contribution in [0.25, 0.3) is 22.3 Å². The number of fused-ring (bicyclic) bond motifs is 1. The van der Waals surface area contributed by atoms with Crippen molar-refractivity contribution in [2.24, 2.45) is 0 Å². The Morgan fingerprint density at radius 1 is 1.00 bits per heavy atom. The number of piperazine rings is 1. The normalized spacial score (nSPS) is 13.9. The molecule has 0 bridgehead atoms. The van der Waals surface area contributed by atoms with Crippen molar-refractivity contribution in [2.45, 2.75) is 0 Å². The second-order valence-corrected chi connectivity index (χ2v) is 7.46. The largest absolute Gasteiger partial charge is 0.493 e. The molecule has 1 aliphatic rings. The second-order valence-electron chi connectivity index (χ2n) is 7.07. The molecule has 0 spiro atoms. The molecule has 3 aromatic rings. The van der Waals surface area contributed by atoms with Gasteiger partial charge >= 0.3 is 0 Å². The van der Waals surface area contributed by atoms with E-state index in [1.165, 1.54) is 0 Å². The zero-order valence-electron chi connectivity index (χ0n) is 17.8. The van der Waals surface area contributed by atoms with Crippen molar-refractivity contribution >= 4 is 40.1 Å². The average molecular weight is 440 g/mol. The summed E-state index contributed by atoms with van der Waals surface area (Å²) in [5.74, 6) is 2.28. The highest BCUT2D eigenvalue weighted by atomic mass is 32.1. The Kier molecular flexibility index (Phi) is 5.90. The van der Waals surface area contributed by atoms with Crippen LogP contribution in [0.1, 0.15) is 0 Å². The van der Waals surface area contributed by atoms with E-state index in [9.17, 15) is 0 Å². The topological polar surface area (TPSA) is 102 Å². The molecule has 31 heavy (non-hydrogen) atoms. The lowest BCUT2D eigenvalue weighted by Gasteiger charge is -2.36. The standard InChI is InChI=1S/C21H25N7O2S/c1-23-21(31)28-10-8-27(9-11-28)19-18-15(25-20(22)26-19)6-5-14(24-18)13-4-7-16(29-2)17(12-13)30-3/h4-7,12H,8-11H2,1-3H3,(H,23,31)(H2,22,25,26). The van der Waals surface area contributed by atoms with Gasteiger partial charge < -0.3 is 30.3 Å². The molecular weight excluding hydrogens is 414 g/mol. The zero-order valence-corrected chi connectivity index (χ0v) is 18.6. The lowest BCUT2D eigenvalue weighted by atomic mass is 10.1. The van der Waals surface area contributed by atoms with Crippen LogP contribution in [0.2, 0.25) is 0 Å². The molecule has 10 heteroatoms. The SMILES string of the molecule is CNC(=S)N1CCN(c2nc(N)nc3ccc(-c4ccc(OC)c(OC)c4)nc23)CC1. The highest BCUT2D eigenvalue weighted by molar-refractivity contribution is 7.80. The van der Waals surface area contributed by atoms with Crippen LogP contribution in [0.5, 0.6) is 11.5 Å². The minimum absolute atomic E-state index is 0.233. The van der Waals surface area contributed by atoms with E-state index in [2.05, 4.69) is 25.1 Å². The molecule has 0 atom stereocenters. The summed E-state index contributed by atoms with van der Waals surface area (Å²) in [6.45, 7) is 3.10. The van der Waals surface area contributed by atoms with Crippen LogP contribution in [-0.2, 0) is 0 Å². The van der Waals surface area contributed by atoms with E-state index in [1.54, 1.807) is 14.2 Å². The van der Waals surface area contributed by atoms with E-state index >= 15 is 0 Å². The van der Waals surface area contributed by atoms with Crippen molar-refractivity contribution in [1.29, 1.82) is 0 Å². The van der Waals surface area contributed by atoms with Crippen LogP contribution < -0.4 is 25.4 Å². The number of nitrogens with two attached hydrogens (primary N) is 1. The third kappa shape index (κ3) is 4.11. The first kappa shape index (κ1) is 20.9. The van der Waals surface area contributed by atoms with Gasteiger partial charge in [0.25, 0.3) is 0 Å². The van der Waals surface area contributed by atoms with Crippen molar-refractivity contribution in [3.63, 3.8) is 0 Å². The maximum absolute atomic E-state index is 6.00. The van der Waals surface area contributed by atoms with E-state index in [0.29, 0.717) is 22.5 Å². The molecule has 0 radical (unpaired) electrons. The maximum Gasteiger partial charge on any atom is 0.222 e. The number of ether oxygens (including phenoxy) is 2. The summed E-state index contributed by atoms with van der Waals surface area (Å²) < 4.78 is 10.8. The quantitative estimate of drug-likeness (QED) is 0.586. The summed E-state index contributed by atoms with van der Waals surface area (Å²) >= 11 is 5.36. The molecule has 0 aliphatic carbocycles. The first-order chi connectivity index (χ1) is 15.0. The lowest BCUT2D eigenvalue weighted by Crippen LogP contribution is -2.51. The molecule has 4 rings (SSSR count). The van der Waals surface area contributed by atoms with Gasteiger partial charge in [-0.2, -0.15) is 4.98 Å². The Bertz CT molecular complexity index is 1120. The number of hydrogen-bond acceptors (Lipinski definition) is 8. The number of pyridine rings is 1. The summed E-state index contributed by atoms with van der Waals surface area (Å²) in [5, 5.41) is 3.78. The summed E-state index contributed by atoms with van der Waals surface area (Å²) in [6, 6.07) is 9.56.